The number of benzene rings is 2. The molecule has 0 bridgehead atoms. The van der Waals surface area contributed by atoms with Crippen molar-refractivity contribution in [3.05, 3.63) is 65.5 Å². The predicted molar refractivity (Wildman–Crippen MR) is 62.9 cm³/mol. The molecule has 0 heterocycles. The maximum absolute atomic E-state index is 13.4. The van der Waals surface area contributed by atoms with Gasteiger partial charge < -0.3 is 0 Å². The molecule has 0 N–H and O–H groups in total. The standard InChI is InChI=1S/C13H9F3OS/c14-10-4-2-5-11(7-10)18(17)8-9-3-1-6-12(15)13(9)16/h1-7H,8H2. The van der Waals surface area contributed by atoms with Crippen molar-refractivity contribution in [2.24, 2.45) is 0 Å². The van der Waals surface area contributed by atoms with Gasteiger partial charge >= 0.3 is 0 Å². The van der Waals surface area contributed by atoms with Crippen molar-refractivity contribution in [3.8, 4) is 0 Å². The Balaban J connectivity index is 2.24. The van der Waals surface area contributed by atoms with Gasteiger partial charge in [0, 0.05) is 10.5 Å². The quantitative estimate of drug-likeness (QED) is 0.835. The van der Waals surface area contributed by atoms with E-state index in [4.69, 9.17) is 0 Å². The molecule has 0 aromatic heterocycles. The smallest absolute Gasteiger partial charge is 0.162 e. The van der Waals surface area contributed by atoms with Crippen LogP contribution in [0.1, 0.15) is 5.56 Å². The predicted octanol–water partition coefficient (Wildman–Crippen LogP) is 3.41. The third kappa shape index (κ3) is 2.79. The molecule has 0 saturated carbocycles. The molecule has 2 aromatic rings. The molecule has 1 nitrogen and oxygen atoms in total. The van der Waals surface area contributed by atoms with E-state index in [-0.39, 0.29) is 16.2 Å². The van der Waals surface area contributed by atoms with E-state index in [2.05, 4.69) is 0 Å². The van der Waals surface area contributed by atoms with E-state index in [0.29, 0.717) is 0 Å². The van der Waals surface area contributed by atoms with Gasteiger partial charge in [-0.3, -0.25) is 4.21 Å². The first-order valence-corrected chi connectivity index (χ1v) is 6.46. The van der Waals surface area contributed by atoms with Crippen LogP contribution in [0.2, 0.25) is 0 Å². The Hall–Kier alpha value is -1.62. The fraction of sp³-hybridized carbons (Fsp3) is 0.0769. The first-order valence-electron chi connectivity index (χ1n) is 5.15. The molecular formula is C13H9F3OS. The highest BCUT2D eigenvalue weighted by Crippen LogP contribution is 2.17. The molecule has 0 spiro atoms. The summed E-state index contributed by atoms with van der Waals surface area (Å²) in [5.74, 6) is -2.70. The Morgan fingerprint density at radius 1 is 1.00 bits per heavy atom. The minimum Gasteiger partial charge on any atom is -0.254 e. The summed E-state index contributed by atoms with van der Waals surface area (Å²) in [4.78, 5) is 0.249. The minimum absolute atomic E-state index is 0.0117. The van der Waals surface area contributed by atoms with E-state index in [1.54, 1.807) is 0 Å². The van der Waals surface area contributed by atoms with E-state index in [1.165, 1.54) is 30.3 Å². The fourth-order valence-corrected chi connectivity index (χ4v) is 2.64. The van der Waals surface area contributed by atoms with Gasteiger partial charge in [-0.2, -0.15) is 0 Å². The van der Waals surface area contributed by atoms with Crippen LogP contribution in [0, 0.1) is 17.5 Å². The van der Waals surface area contributed by atoms with Crippen molar-refractivity contribution in [1.29, 1.82) is 0 Å². The molecule has 1 unspecified atom stereocenters. The van der Waals surface area contributed by atoms with E-state index in [0.717, 1.165) is 12.1 Å². The molecule has 0 fully saturated rings. The zero-order chi connectivity index (χ0) is 13.1. The summed E-state index contributed by atoms with van der Waals surface area (Å²) in [6.07, 6.45) is 0. The summed E-state index contributed by atoms with van der Waals surface area (Å²) in [7, 11) is -1.61. The molecule has 18 heavy (non-hydrogen) atoms. The lowest BCUT2D eigenvalue weighted by Crippen LogP contribution is -2.01. The Labute approximate surface area is 105 Å². The lowest BCUT2D eigenvalue weighted by Gasteiger charge is -2.04. The lowest BCUT2D eigenvalue weighted by molar-refractivity contribution is 0.502. The SMILES string of the molecule is O=S(Cc1cccc(F)c1F)c1cccc(F)c1. The molecule has 0 aliphatic rings. The van der Waals surface area contributed by atoms with Crippen LogP contribution in [0.15, 0.2) is 47.4 Å². The number of hydrogen-bond donors (Lipinski definition) is 0. The second-order valence-corrected chi connectivity index (χ2v) is 5.11. The van der Waals surface area contributed by atoms with Gasteiger partial charge in [0.1, 0.15) is 5.82 Å². The van der Waals surface area contributed by atoms with Crippen LogP contribution in [0.3, 0.4) is 0 Å². The van der Waals surface area contributed by atoms with Crippen molar-refractivity contribution in [2.45, 2.75) is 10.6 Å². The zero-order valence-electron chi connectivity index (χ0n) is 9.20. The van der Waals surface area contributed by atoms with Gasteiger partial charge in [0.15, 0.2) is 11.6 Å². The highest BCUT2D eigenvalue weighted by atomic mass is 32.2. The molecule has 0 aliphatic carbocycles. The summed E-state index contributed by atoms with van der Waals surface area (Å²) in [6, 6.07) is 8.94. The van der Waals surface area contributed by atoms with E-state index in [9.17, 15) is 17.4 Å². The van der Waals surface area contributed by atoms with E-state index < -0.39 is 28.3 Å². The van der Waals surface area contributed by atoms with E-state index >= 15 is 0 Å². The van der Waals surface area contributed by atoms with Gasteiger partial charge in [-0.1, -0.05) is 18.2 Å². The molecule has 94 valence electrons. The molecule has 2 aromatic carbocycles. The summed E-state index contributed by atoms with van der Waals surface area (Å²) < 4.78 is 51.2. The van der Waals surface area contributed by atoms with E-state index in [1.807, 2.05) is 0 Å². The average Bonchev–Trinajstić information content (AvgIpc) is 2.35. The van der Waals surface area contributed by atoms with Gasteiger partial charge in [0.2, 0.25) is 0 Å². The second kappa shape index (κ2) is 5.35. The average molecular weight is 270 g/mol. The van der Waals surface area contributed by atoms with Crippen molar-refractivity contribution < 1.29 is 17.4 Å². The van der Waals surface area contributed by atoms with Gasteiger partial charge in [0.25, 0.3) is 0 Å². The molecule has 2 rings (SSSR count). The topological polar surface area (TPSA) is 17.1 Å². The van der Waals surface area contributed by atoms with Gasteiger partial charge in [-0.15, -0.1) is 0 Å². The van der Waals surface area contributed by atoms with Crippen molar-refractivity contribution >= 4 is 10.8 Å². The highest BCUT2D eigenvalue weighted by molar-refractivity contribution is 7.84. The summed E-state index contributed by atoms with van der Waals surface area (Å²) >= 11 is 0. The van der Waals surface area contributed by atoms with Gasteiger partial charge in [-0.25, -0.2) is 13.2 Å². The first-order chi connectivity index (χ1) is 8.58. The monoisotopic (exact) mass is 270 g/mol. The van der Waals surface area contributed by atoms with Crippen molar-refractivity contribution in [1.82, 2.24) is 0 Å². The van der Waals surface area contributed by atoms with Crippen LogP contribution in [-0.2, 0) is 16.6 Å². The Morgan fingerprint density at radius 3 is 2.44 bits per heavy atom. The summed E-state index contributed by atoms with van der Waals surface area (Å²) in [6.45, 7) is 0. The van der Waals surface area contributed by atoms with Gasteiger partial charge in [0.05, 0.1) is 16.6 Å². The number of halogens is 3. The van der Waals surface area contributed by atoms with Crippen LogP contribution in [-0.4, -0.2) is 4.21 Å². The third-order valence-corrected chi connectivity index (χ3v) is 3.73. The molecule has 5 heteroatoms. The molecule has 0 amide bonds. The van der Waals surface area contributed by atoms with Crippen LogP contribution < -0.4 is 0 Å². The summed E-state index contributed by atoms with van der Waals surface area (Å²) in [5.41, 5.74) is 0.0117. The maximum Gasteiger partial charge on any atom is 0.162 e. The first kappa shape index (κ1) is 12.8. The number of hydrogen-bond acceptors (Lipinski definition) is 1. The van der Waals surface area contributed by atoms with Gasteiger partial charge in [-0.05, 0) is 24.3 Å². The van der Waals surface area contributed by atoms with Crippen LogP contribution >= 0.6 is 0 Å². The normalized spacial score (nSPS) is 12.4. The van der Waals surface area contributed by atoms with Crippen molar-refractivity contribution in [2.75, 3.05) is 0 Å². The number of rotatable bonds is 3. The van der Waals surface area contributed by atoms with Crippen LogP contribution in [0.25, 0.3) is 0 Å². The molecule has 0 radical (unpaired) electrons. The van der Waals surface area contributed by atoms with Crippen LogP contribution in [0.5, 0.6) is 0 Å². The zero-order valence-corrected chi connectivity index (χ0v) is 10.0. The Morgan fingerprint density at radius 2 is 1.72 bits per heavy atom. The van der Waals surface area contributed by atoms with Crippen molar-refractivity contribution in [3.63, 3.8) is 0 Å². The lowest BCUT2D eigenvalue weighted by atomic mass is 10.2. The minimum atomic E-state index is -1.61. The van der Waals surface area contributed by atoms with Crippen LogP contribution in [0.4, 0.5) is 13.2 Å². The summed E-state index contributed by atoms with van der Waals surface area (Å²) in [5, 5.41) is 0. The fourth-order valence-electron chi connectivity index (χ4n) is 1.49. The molecule has 0 aliphatic heterocycles. The highest BCUT2D eigenvalue weighted by Gasteiger charge is 2.12. The Bertz CT molecular complexity index is 599. The molecule has 1 atom stereocenters. The molecule has 0 saturated heterocycles. The maximum atomic E-state index is 13.4. The molecular weight excluding hydrogens is 261 g/mol. The Kier molecular flexibility index (Phi) is 3.81. The largest absolute Gasteiger partial charge is 0.254 e. The third-order valence-electron chi connectivity index (χ3n) is 2.38. The second-order valence-electron chi connectivity index (χ2n) is 3.66.